The Balaban J connectivity index is 1.58. The second-order valence-corrected chi connectivity index (χ2v) is 10.1. The predicted octanol–water partition coefficient (Wildman–Crippen LogP) is 3.76. The van der Waals surface area contributed by atoms with Crippen LogP contribution in [0.5, 0.6) is 0 Å². The molecular formula is C21H23F3N4O4S. The molecule has 0 bridgehead atoms. The zero-order valence-corrected chi connectivity index (χ0v) is 18.4. The molecule has 0 radical (unpaired) electrons. The van der Waals surface area contributed by atoms with Gasteiger partial charge in [0.15, 0.2) is 15.7 Å². The van der Waals surface area contributed by atoms with Gasteiger partial charge in [0.25, 0.3) is 0 Å². The van der Waals surface area contributed by atoms with Gasteiger partial charge in [-0.15, -0.1) is 0 Å². The molecule has 178 valence electrons. The van der Waals surface area contributed by atoms with Crippen molar-refractivity contribution in [3.05, 3.63) is 42.1 Å². The molecule has 0 spiro atoms. The van der Waals surface area contributed by atoms with Gasteiger partial charge in [-0.05, 0) is 43.0 Å². The number of hydrogen-bond acceptors (Lipinski definition) is 6. The van der Waals surface area contributed by atoms with Gasteiger partial charge in [0, 0.05) is 25.0 Å². The number of sulfone groups is 1. The fourth-order valence-electron chi connectivity index (χ4n) is 3.48. The highest BCUT2D eigenvalue weighted by atomic mass is 32.2. The molecule has 2 aliphatic rings. The number of aromatic nitrogens is 1. The smallest absolute Gasteiger partial charge is 0.378 e. The topological polar surface area (TPSA) is 101 Å². The molecule has 1 aromatic carbocycles. The largest absolute Gasteiger partial charge is 0.416 e. The molecule has 2 amide bonds. The van der Waals surface area contributed by atoms with E-state index in [9.17, 15) is 26.4 Å². The maximum absolute atomic E-state index is 13.0. The van der Waals surface area contributed by atoms with Crippen LogP contribution in [0.2, 0.25) is 0 Å². The van der Waals surface area contributed by atoms with Gasteiger partial charge in [0.05, 0.1) is 35.1 Å². The van der Waals surface area contributed by atoms with Gasteiger partial charge >= 0.3 is 12.2 Å². The summed E-state index contributed by atoms with van der Waals surface area (Å²) in [7, 11) is -3.59. The van der Waals surface area contributed by atoms with E-state index in [-0.39, 0.29) is 27.9 Å². The molecule has 2 aromatic rings. The number of halogens is 3. The Labute approximate surface area is 189 Å². The summed E-state index contributed by atoms with van der Waals surface area (Å²) in [5.74, 6) is 0.513. The Kier molecular flexibility index (Phi) is 6.48. The first-order chi connectivity index (χ1) is 15.6. The third-order valence-corrected chi connectivity index (χ3v) is 7.21. The Hall–Kier alpha value is -2.86. The SMILES string of the molecule is O=C(Nc1cccc(C(F)(F)F)c1)Nc1cc(S(=O)(=O)CC2CC2)cnc1N1CCOCC1. The summed E-state index contributed by atoms with van der Waals surface area (Å²) in [5, 5.41) is 4.92. The van der Waals surface area contributed by atoms with Crippen LogP contribution in [0.25, 0.3) is 0 Å². The highest BCUT2D eigenvalue weighted by Gasteiger charge is 2.31. The average Bonchev–Trinajstić information content (AvgIpc) is 3.57. The second-order valence-electron chi connectivity index (χ2n) is 8.02. The number of carbonyl (C=O) groups is 1. The molecule has 1 aliphatic heterocycles. The fourth-order valence-corrected chi connectivity index (χ4v) is 5.13. The van der Waals surface area contributed by atoms with Gasteiger partial charge in [0.2, 0.25) is 0 Å². The monoisotopic (exact) mass is 484 g/mol. The van der Waals surface area contributed by atoms with Crippen LogP contribution in [0.3, 0.4) is 0 Å². The van der Waals surface area contributed by atoms with Crippen LogP contribution in [0.1, 0.15) is 18.4 Å². The van der Waals surface area contributed by atoms with Crippen LogP contribution < -0.4 is 15.5 Å². The van der Waals surface area contributed by atoms with Crippen molar-refractivity contribution < 1.29 is 31.1 Å². The molecule has 1 aromatic heterocycles. The minimum Gasteiger partial charge on any atom is -0.378 e. The minimum atomic E-state index is -4.55. The van der Waals surface area contributed by atoms with Crippen molar-refractivity contribution >= 4 is 33.1 Å². The van der Waals surface area contributed by atoms with Crippen LogP contribution in [-0.4, -0.2) is 51.5 Å². The third kappa shape index (κ3) is 5.93. The first kappa shape index (κ1) is 23.3. The normalized spacial score (nSPS) is 17.0. The van der Waals surface area contributed by atoms with E-state index < -0.39 is 27.6 Å². The number of benzene rings is 1. The minimum absolute atomic E-state index is 0.0132. The number of hydrogen-bond donors (Lipinski definition) is 2. The quantitative estimate of drug-likeness (QED) is 0.648. The van der Waals surface area contributed by atoms with Gasteiger partial charge in [-0.2, -0.15) is 13.2 Å². The summed E-state index contributed by atoms with van der Waals surface area (Å²) in [6, 6.07) is 4.76. The molecule has 2 N–H and O–H groups in total. The van der Waals surface area contributed by atoms with Crippen molar-refractivity contribution in [3.8, 4) is 0 Å². The lowest BCUT2D eigenvalue weighted by atomic mass is 10.2. The van der Waals surface area contributed by atoms with E-state index in [4.69, 9.17) is 4.74 Å². The van der Waals surface area contributed by atoms with Crippen molar-refractivity contribution in [1.82, 2.24) is 4.98 Å². The number of ether oxygens (including phenoxy) is 1. The van der Waals surface area contributed by atoms with E-state index >= 15 is 0 Å². The van der Waals surface area contributed by atoms with Gasteiger partial charge in [-0.25, -0.2) is 18.2 Å². The lowest BCUT2D eigenvalue weighted by molar-refractivity contribution is -0.137. The summed E-state index contributed by atoms with van der Waals surface area (Å²) >= 11 is 0. The summed E-state index contributed by atoms with van der Waals surface area (Å²) < 4.78 is 69.6. The van der Waals surface area contributed by atoms with Crippen molar-refractivity contribution in [1.29, 1.82) is 0 Å². The number of carbonyl (C=O) groups excluding carboxylic acids is 1. The van der Waals surface area contributed by atoms with E-state index in [2.05, 4.69) is 15.6 Å². The summed E-state index contributed by atoms with van der Waals surface area (Å²) in [5.41, 5.74) is -0.803. The van der Waals surface area contributed by atoms with Crippen molar-refractivity contribution in [3.63, 3.8) is 0 Å². The van der Waals surface area contributed by atoms with Crippen molar-refractivity contribution in [2.24, 2.45) is 5.92 Å². The maximum atomic E-state index is 13.0. The number of rotatable bonds is 6. The number of morpholine rings is 1. The Bertz CT molecular complexity index is 1130. The lowest BCUT2D eigenvalue weighted by Gasteiger charge is -2.29. The lowest BCUT2D eigenvalue weighted by Crippen LogP contribution is -2.37. The molecule has 8 nitrogen and oxygen atoms in total. The molecule has 4 rings (SSSR count). The van der Waals surface area contributed by atoms with Gasteiger partial charge in [-0.1, -0.05) is 6.07 Å². The van der Waals surface area contributed by atoms with E-state index in [1.54, 1.807) is 0 Å². The van der Waals surface area contributed by atoms with Crippen molar-refractivity contribution in [2.75, 3.05) is 47.6 Å². The molecule has 1 saturated carbocycles. The molecule has 33 heavy (non-hydrogen) atoms. The Morgan fingerprint density at radius 1 is 1.15 bits per heavy atom. The van der Waals surface area contributed by atoms with Crippen molar-refractivity contribution in [2.45, 2.75) is 23.9 Å². The van der Waals surface area contributed by atoms with E-state index in [1.165, 1.54) is 24.4 Å². The standard InChI is InChI=1S/C21H23F3N4O4S/c22-21(23,24)15-2-1-3-16(10-15)26-20(29)27-18-11-17(33(30,31)13-14-4-5-14)12-25-19(18)28-6-8-32-9-7-28/h1-3,10-12,14H,4-9,13H2,(H2,26,27,29). The van der Waals surface area contributed by atoms with Gasteiger partial charge in [0.1, 0.15) is 0 Å². The molecule has 0 atom stereocenters. The zero-order chi connectivity index (χ0) is 23.6. The van der Waals surface area contributed by atoms with Crippen LogP contribution in [0, 0.1) is 5.92 Å². The summed E-state index contributed by atoms with van der Waals surface area (Å²) in [6.45, 7) is 1.87. The maximum Gasteiger partial charge on any atom is 0.416 e. The number of nitrogens with zero attached hydrogens (tertiary/aromatic N) is 2. The summed E-state index contributed by atoms with van der Waals surface area (Å²) in [4.78, 5) is 18.7. The number of nitrogens with one attached hydrogen (secondary N) is 2. The van der Waals surface area contributed by atoms with Crippen LogP contribution in [0.4, 0.5) is 35.2 Å². The third-order valence-electron chi connectivity index (χ3n) is 5.36. The van der Waals surface area contributed by atoms with Gasteiger partial charge < -0.3 is 20.3 Å². The zero-order valence-electron chi connectivity index (χ0n) is 17.6. The number of anilines is 3. The molecule has 12 heteroatoms. The molecule has 2 fully saturated rings. The number of amides is 2. The molecule has 0 unspecified atom stereocenters. The molecule has 1 aliphatic carbocycles. The van der Waals surface area contributed by atoms with Crippen LogP contribution >= 0.6 is 0 Å². The highest BCUT2D eigenvalue weighted by molar-refractivity contribution is 7.91. The fraction of sp³-hybridized carbons (Fsp3) is 0.429. The number of alkyl halides is 3. The Morgan fingerprint density at radius 3 is 2.55 bits per heavy atom. The second kappa shape index (κ2) is 9.18. The average molecular weight is 485 g/mol. The van der Waals surface area contributed by atoms with Crippen LogP contribution in [0.15, 0.2) is 41.4 Å². The van der Waals surface area contributed by atoms with E-state index in [1.807, 2.05) is 4.90 Å². The highest BCUT2D eigenvalue weighted by Crippen LogP contribution is 2.34. The van der Waals surface area contributed by atoms with Gasteiger partial charge in [-0.3, -0.25) is 0 Å². The van der Waals surface area contributed by atoms with Crippen LogP contribution in [-0.2, 0) is 20.8 Å². The molecule has 1 saturated heterocycles. The van der Waals surface area contributed by atoms with E-state index in [0.29, 0.717) is 32.1 Å². The first-order valence-corrected chi connectivity index (χ1v) is 12.1. The number of urea groups is 1. The number of pyridine rings is 1. The van der Waals surface area contributed by atoms with E-state index in [0.717, 1.165) is 25.0 Å². The first-order valence-electron chi connectivity index (χ1n) is 10.4. The predicted molar refractivity (Wildman–Crippen MR) is 116 cm³/mol. The molecular weight excluding hydrogens is 461 g/mol. The Morgan fingerprint density at radius 2 is 1.88 bits per heavy atom. The summed E-state index contributed by atoms with van der Waals surface area (Å²) in [6.07, 6.45) is -1.55. The molecule has 2 heterocycles.